The Bertz CT molecular complexity index is 739. The fraction of sp³-hybridized carbons (Fsp3) is 0.333. The lowest BCUT2D eigenvalue weighted by Crippen LogP contribution is -2.31. The summed E-state index contributed by atoms with van der Waals surface area (Å²) in [5.41, 5.74) is 1.24. The molecule has 2 aromatic rings. The Morgan fingerprint density at radius 3 is 2.64 bits per heavy atom. The van der Waals surface area contributed by atoms with Crippen molar-refractivity contribution in [3.8, 4) is 5.75 Å². The normalized spacial score (nSPS) is 19.4. The van der Waals surface area contributed by atoms with E-state index in [2.05, 4.69) is 51.3 Å². The first-order chi connectivity index (χ1) is 10.7. The van der Waals surface area contributed by atoms with Crippen LogP contribution in [0.2, 0.25) is 0 Å². The molecule has 22 heavy (non-hydrogen) atoms. The maximum absolute atomic E-state index is 5.25. The minimum absolute atomic E-state index is 0.211. The lowest BCUT2D eigenvalue weighted by Gasteiger charge is -2.26. The van der Waals surface area contributed by atoms with Gasteiger partial charge in [-0.1, -0.05) is 37.7 Å². The number of benzene rings is 1. The van der Waals surface area contributed by atoms with E-state index in [1.165, 1.54) is 10.6 Å². The molecule has 0 bridgehead atoms. The highest BCUT2D eigenvalue weighted by Gasteiger charge is 2.39. The third-order valence-corrected chi connectivity index (χ3v) is 5.90. The summed E-state index contributed by atoms with van der Waals surface area (Å²) in [6.07, 6.45) is 0. The molecule has 114 valence electrons. The summed E-state index contributed by atoms with van der Waals surface area (Å²) in [4.78, 5) is 0. The van der Waals surface area contributed by atoms with Crippen LogP contribution in [0.25, 0.3) is 0 Å². The second-order valence-corrected chi connectivity index (χ2v) is 7.41. The van der Waals surface area contributed by atoms with Crippen molar-refractivity contribution >= 4 is 23.5 Å². The monoisotopic (exact) mass is 332 g/mol. The third-order valence-electron chi connectivity index (χ3n) is 3.71. The molecule has 1 aromatic carbocycles. The molecular formula is C15H16N4OS2. The summed E-state index contributed by atoms with van der Waals surface area (Å²) >= 11 is 3.50. The quantitative estimate of drug-likeness (QED) is 0.854. The van der Waals surface area contributed by atoms with Crippen LogP contribution in [0.5, 0.6) is 5.75 Å². The van der Waals surface area contributed by atoms with Gasteiger partial charge in [-0.05, 0) is 29.5 Å². The lowest BCUT2D eigenvalue weighted by molar-refractivity contribution is 0.414. The first-order valence-corrected chi connectivity index (χ1v) is 8.87. The van der Waals surface area contributed by atoms with Gasteiger partial charge in [-0.3, -0.25) is 5.01 Å². The van der Waals surface area contributed by atoms with Crippen LogP contribution in [0, 0.1) is 0 Å². The zero-order valence-corrected chi connectivity index (χ0v) is 14.2. The molecule has 0 amide bonds. The Balaban J connectivity index is 1.73. The van der Waals surface area contributed by atoms with Crippen molar-refractivity contribution in [3.63, 3.8) is 0 Å². The summed E-state index contributed by atoms with van der Waals surface area (Å²) in [5, 5.41) is 15.6. The van der Waals surface area contributed by atoms with Gasteiger partial charge in [0.25, 0.3) is 0 Å². The molecule has 0 spiro atoms. The summed E-state index contributed by atoms with van der Waals surface area (Å²) < 4.78 is 7.41. The Labute approximate surface area is 137 Å². The maximum atomic E-state index is 5.25. The lowest BCUT2D eigenvalue weighted by atomic mass is 10.2. The highest BCUT2D eigenvalue weighted by molar-refractivity contribution is 8.07. The van der Waals surface area contributed by atoms with Crippen LogP contribution in [0.4, 0.5) is 0 Å². The van der Waals surface area contributed by atoms with Gasteiger partial charge in [0, 0.05) is 11.3 Å². The molecular weight excluding hydrogens is 316 g/mol. The molecule has 1 aromatic heterocycles. The van der Waals surface area contributed by atoms with E-state index in [9.17, 15) is 0 Å². The SMILES string of the molecule is COc1ccc([C@H]2SC=C3Sc4nnc(C(C)C)n4N32)cc1. The largest absolute Gasteiger partial charge is 0.497 e. The molecule has 2 aliphatic heterocycles. The fourth-order valence-corrected chi connectivity index (χ4v) is 4.84. The number of thioether (sulfide) groups is 2. The molecule has 0 unspecified atom stereocenters. The van der Waals surface area contributed by atoms with Gasteiger partial charge in [0.1, 0.15) is 16.2 Å². The molecule has 2 aliphatic rings. The van der Waals surface area contributed by atoms with Crippen LogP contribution < -0.4 is 9.75 Å². The minimum Gasteiger partial charge on any atom is -0.497 e. The standard InChI is InChI=1S/C15H16N4OS2/c1-9(2)13-16-17-15-19(13)18-12(22-15)8-21-14(18)10-4-6-11(20-3)7-5-10/h4-9,14H,1-3H3/t14-/m1/s1. The molecule has 0 radical (unpaired) electrons. The molecule has 7 heteroatoms. The first kappa shape index (κ1) is 14.0. The van der Waals surface area contributed by atoms with Gasteiger partial charge in [0.2, 0.25) is 5.16 Å². The summed E-state index contributed by atoms with van der Waals surface area (Å²) in [5.74, 6) is 2.22. The van der Waals surface area contributed by atoms with E-state index in [0.29, 0.717) is 5.92 Å². The van der Waals surface area contributed by atoms with E-state index in [-0.39, 0.29) is 5.37 Å². The average molecular weight is 332 g/mol. The second-order valence-electron chi connectivity index (χ2n) is 5.47. The van der Waals surface area contributed by atoms with Crippen LogP contribution in [0.1, 0.15) is 36.5 Å². The van der Waals surface area contributed by atoms with Gasteiger partial charge in [-0.15, -0.1) is 10.2 Å². The zero-order valence-electron chi connectivity index (χ0n) is 12.6. The second kappa shape index (κ2) is 5.24. The number of fused-ring (bicyclic) bond motifs is 3. The Morgan fingerprint density at radius 2 is 1.95 bits per heavy atom. The van der Waals surface area contributed by atoms with Crippen molar-refractivity contribution < 1.29 is 4.74 Å². The number of nitrogens with zero attached hydrogens (tertiary/aromatic N) is 4. The van der Waals surface area contributed by atoms with Gasteiger partial charge in [-0.2, -0.15) is 0 Å². The molecule has 0 N–H and O–H groups in total. The zero-order chi connectivity index (χ0) is 15.3. The molecule has 5 nitrogen and oxygen atoms in total. The van der Waals surface area contributed by atoms with Crippen molar-refractivity contribution in [2.45, 2.75) is 30.3 Å². The van der Waals surface area contributed by atoms with E-state index in [1.54, 1.807) is 18.9 Å². The van der Waals surface area contributed by atoms with E-state index in [0.717, 1.165) is 16.7 Å². The highest BCUT2D eigenvalue weighted by Crippen LogP contribution is 2.51. The molecule has 0 saturated heterocycles. The Hall–Kier alpha value is -1.60. The summed E-state index contributed by atoms with van der Waals surface area (Å²) in [6.45, 7) is 4.30. The van der Waals surface area contributed by atoms with Crippen molar-refractivity contribution in [2.24, 2.45) is 0 Å². The van der Waals surface area contributed by atoms with Gasteiger partial charge < -0.3 is 4.74 Å². The number of aromatic nitrogens is 3. The van der Waals surface area contributed by atoms with Gasteiger partial charge in [0.05, 0.1) is 7.11 Å². The third kappa shape index (κ3) is 2.03. The summed E-state index contributed by atoms with van der Waals surface area (Å²) in [7, 11) is 1.69. The molecule has 0 saturated carbocycles. The van der Waals surface area contributed by atoms with E-state index in [4.69, 9.17) is 4.74 Å². The van der Waals surface area contributed by atoms with Crippen LogP contribution >= 0.6 is 23.5 Å². The predicted octanol–water partition coefficient (Wildman–Crippen LogP) is 3.70. The Kier molecular flexibility index (Phi) is 3.34. The van der Waals surface area contributed by atoms with E-state index in [1.807, 2.05) is 23.9 Å². The first-order valence-electron chi connectivity index (χ1n) is 7.11. The number of ether oxygens (including phenoxy) is 1. The van der Waals surface area contributed by atoms with Crippen LogP contribution in [0.15, 0.2) is 39.9 Å². The van der Waals surface area contributed by atoms with Gasteiger partial charge in [-0.25, -0.2) is 4.68 Å². The smallest absolute Gasteiger partial charge is 0.216 e. The molecule has 0 aliphatic carbocycles. The molecule has 1 atom stereocenters. The fourth-order valence-electron chi connectivity index (χ4n) is 2.61. The summed E-state index contributed by atoms with van der Waals surface area (Å²) in [6, 6.07) is 8.26. The number of methoxy groups -OCH3 is 1. The highest BCUT2D eigenvalue weighted by atomic mass is 32.2. The van der Waals surface area contributed by atoms with E-state index < -0.39 is 0 Å². The van der Waals surface area contributed by atoms with Gasteiger partial charge in [0.15, 0.2) is 5.82 Å². The van der Waals surface area contributed by atoms with Crippen LogP contribution in [0.3, 0.4) is 0 Å². The van der Waals surface area contributed by atoms with Crippen molar-refractivity contribution in [3.05, 3.63) is 46.1 Å². The van der Waals surface area contributed by atoms with Crippen molar-refractivity contribution in [1.29, 1.82) is 0 Å². The maximum Gasteiger partial charge on any atom is 0.216 e. The van der Waals surface area contributed by atoms with Crippen molar-refractivity contribution in [2.75, 3.05) is 12.1 Å². The predicted molar refractivity (Wildman–Crippen MR) is 89.6 cm³/mol. The minimum atomic E-state index is 0.211. The topological polar surface area (TPSA) is 43.2 Å². The Morgan fingerprint density at radius 1 is 1.18 bits per heavy atom. The number of hydrogen-bond donors (Lipinski definition) is 0. The van der Waals surface area contributed by atoms with Gasteiger partial charge >= 0.3 is 0 Å². The molecule has 4 rings (SSSR count). The van der Waals surface area contributed by atoms with Crippen LogP contribution in [-0.2, 0) is 0 Å². The number of rotatable bonds is 3. The van der Waals surface area contributed by atoms with Crippen LogP contribution in [-0.4, -0.2) is 22.0 Å². The van der Waals surface area contributed by atoms with Crippen molar-refractivity contribution in [1.82, 2.24) is 14.9 Å². The molecule has 0 fully saturated rings. The number of hydrogen-bond acceptors (Lipinski definition) is 6. The average Bonchev–Trinajstić information content (AvgIpc) is 3.17. The van der Waals surface area contributed by atoms with E-state index >= 15 is 0 Å². The molecule has 3 heterocycles.